The maximum Gasteiger partial charge on any atom is 0.187 e. The average Bonchev–Trinajstić information content (AvgIpc) is 3.41. The number of hydrogen-bond acceptors (Lipinski definition) is 12. The standard InChI is InChI=1S/C57H59NO11/c1-59-56-54(64-36-43-25-13-5-14-26-43)52(62-34-41-21-9-3-10-22-41)50(61-33-40-19-7-2-8-20-40)47(67-56)39-66-57-55(65-37-44-27-15-6-16-28-44)53(63-35-42-23-11-4-12-24-42)51-48(68-57)38-60-49(69-51)31-45-29-17-18-30-46(45)32-58/h2-30,47-57H,31,33-39H2,1H3/t47-,48-,49-,50-,51-,52+,53+,54-,55-,56+,57+/m1/s1. The van der Waals surface area contributed by atoms with Gasteiger partial charge >= 0.3 is 0 Å². The van der Waals surface area contributed by atoms with Crippen molar-refractivity contribution in [2.45, 2.75) is 107 Å². The molecule has 3 fully saturated rings. The first-order valence-electron chi connectivity index (χ1n) is 23.6. The number of ether oxygens (including phenoxy) is 11. The Hall–Kier alpha value is -5.63. The Bertz CT molecular complexity index is 2460. The Labute approximate surface area is 404 Å². The lowest BCUT2D eigenvalue weighted by Crippen LogP contribution is -2.65. The van der Waals surface area contributed by atoms with Crippen LogP contribution >= 0.6 is 0 Å². The zero-order valence-corrected chi connectivity index (χ0v) is 38.7. The second-order valence-electron chi connectivity index (χ2n) is 17.3. The summed E-state index contributed by atoms with van der Waals surface area (Å²) >= 11 is 0. The highest BCUT2D eigenvalue weighted by atomic mass is 16.8. The largest absolute Gasteiger partial charge is 0.368 e. The molecule has 3 heterocycles. The molecule has 0 N–H and O–H groups in total. The summed E-state index contributed by atoms with van der Waals surface area (Å²) in [6, 6.07) is 59.7. The van der Waals surface area contributed by atoms with Gasteiger partial charge in [-0.25, -0.2) is 0 Å². The van der Waals surface area contributed by atoms with Crippen molar-refractivity contribution in [3.8, 4) is 6.07 Å². The van der Waals surface area contributed by atoms with E-state index in [0.717, 1.165) is 33.4 Å². The van der Waals surface area contributed by atoms with Crippen LogP contribution in [0.25, 0.3) is 0 Å². The lowest BCUT2D eigenvalue weighted by atomic mass is 9.96. The van der Waals surface area contributed by atoms with E-state index in [2.05, 4.69) is 6.07 Å². The quantitative estimate of drug-likeness (QED) is 0.0685. The molecule has 358 valence electrons. The summed E-state index contributed by atoms with van der Waals surface area (Å²) in [5.41, 5.74) is 6.31. The zero-order chi connectivity index (χ0) is 47.0. The van der Waals surface area contributed by atoms with Gasteiger partial charge in [0.25, 0.3) is 0 Å². The Morgan fingerprint density at radius 2 is 0.899 bits per heavy atom. The molecule has 11 atom stereocenters. The van der Waals surface area contributed by atoms with Gasteiger partial charge in [-0.15, -0.1) is 0 Å². The van der Waals surface area contributed by atoms with Crippen LogP contribution < -0.4 is 0 Å². The highest BCUT2D eigenvalue weighted by Crippen LogP contribution is 2.36. The predicted octanol–water partition coefficient (Wildman–Crippen LogP) is 8.88. The van der Waals surface area contributed by atoms with Gasteiger partial charge in [0, 0.05) is 13.5 Å². The minimum atomic E-state index is -0.978. The number of benzene rings is 6. The van der Waals surface area contributed by atoms with Gasteiger partial charge in [0.1, 0.15) is 48.8 Å². The fourth-order valence-electron chi connectivity index (χ4n) is 8.98. The molecule has 0 aliphatic carbocycles. The topological polar surface area (TPSA) is 125 Å². The van der Waals surface area contributed by atoms with E-state index in [9.17, 15) is 5.26 Å². The van der Waals surface area contributed by atoms with Crippen LogP contribution in [-0.2, 0) is 91.6 Å². The number of hydrogen-bond donors (Lipinski definition) is 0. The van der Waals surface area contributed by atoms with Gasteiger partial charge in [0.05, 0.1) is 57.9 Å². The van der Waals surface area contributed by atoms with Crippen molar-refractivity contribution in [2.75, 3.05) is 20.3 Å². The molecule has 3 aliphatic rings. The number of nitriles is 1. The summed E-state index contributed by atoms with van der Waals surface area (Å²) < 4.78 is 74.0. The van der Waals surface area contributed by atoms with Gasteiger partial charge in [0.2, 0.25) is 0 Å². The normalized spacial score (nSPS) is 26.7. The molecule has 0 unspecified atom stereocenters. The van der Waals surface area contributed by atoms with E-state index < -0.39 is 67.7 Å². The monoisotopic (exact) mass is 933 g/mol. The Kier molecular flexibility index (Phi) is 17.4. The molecule has 0 aromatic heterocycles. The summed E-state index contributed by atoms with van der Waals surface area (Å²) in [7, 11) is 1.60. The molecule has 12 nitrogen and oxygen atoms in total. The number of rotatable bonds is 21. The summed E-state index contributed by atoms with van der Waals surface area (Å²) in [6.07, 6.45) is -7.64. The second-order valence-corrected chi connectivity index (χ2v) is 17.3. The minimum Gasteiger partial charge on any atom is -0.368 e. The summed E-state index contributed by atoms with van der Waals surface area (Å²) in [6.45, 7) is 1.56. The molecule has 3 aliphatic heterocycles. The van der Waals surface area contributed by atoms with Crippen molar-refractivity contribution in [3.63, 3.8) is 0 Å². The van der Waals surface area contributed by atoms with Crippen LogP contribution in [0.4, 0.5) is 0 Å². The minimum absolute atomic E-state index is 0.0101. The van der Waals surface area contributed by atoms with Gasteiger partial charge in [-0.05, 0) is 39.4 Å². The van der Waals surface area contributed by atoms with Crippen LogP contribution in [0.15, 0.2) is 176 Å². The van der Waals surface area contributed by atoms with E-state index in [1.165, 1.54) is 0 Å². The van der Waals surface area contributed by atoms with Gasteiger partial charge in [-0.3, -0.25) is 0 Å². The van der Waals surface area contributed by atoms with E-state index >= 15 is 0 Å². The molecular formula is C57H59NO11. The first-order valence-corrected chi connectivity index (χ1v) is 23.6. The van der Waals surface area contributed by atoms with Gasteiger partial charge in [-0.1, -0.05) is 170 Å². The molecule has 0 amide bonds. The third-order valence-corrected chi connectivity index (χ3v) is 12.5. The lowest BCUT2D eigenvalue weighted by molar-refractivity contribution is -0.377. The van der Waals surface area contributed by atoms with Crippen LogP contribution in [-0.4, -0.2) is 88.0 Å². The van der Waals surface area contributed by atoms with Crippen molar-refractivity contribution in [2.24, 2.45) is 0 Å². The van der Waals surface area contributed by atoms with E-state index in [0.29, 0.717) is 25.2 Å². The third kappa shape index (κ3) is 13.0. The molecule has 6 aromatic carbocycles. The molecule has 69 heavy (non-hydrogen) atoms. The van der Waals surface area contributed by atoms with Crippen LogP contribution in [0.3, 0.4) is 0 Å². The van der Waals surface area contributed by atoms with Crippen LogP contribution in [0.5, 0.6) is 0 Å². The molecule has 6 aromatic rings. The smallest absolute Gasteiger partial charge is 0.187 e. The zero-order valence-electron chi connectivity index (χ0n) is 38.7. The van der Waals surface area contributed by atoms with Crippen molar-refractivity contribution < 1.29 is 52.1 Å². The van der Waals surface area contributed by atoms with Gasteiger partial charge in [0.15, 0.2) is 18.9 Å². The number of nitrogens with zero attached hydrogens (tertiary/aromatic N) is 1. The maximum atomic E-state index is 9.87. The highest BCUT2D eigenvalue weighted by molar-refractivity contribution is 5.37. The number of fused-ring (bicyclic) bond motifs is 1. The van der Waals surface area contributed by atoms with Crippen molar-refractivity contribution in [1.82, 2.24) is 0 Å². The third-order valence-electron chi connectivity index (χ3n) is 12.5. The van der Waals surface area contributed by atoms with Crippen LogP contribution in [0.2, 0.25) is 0 Å². The molecular weight excluding hydrogens is 875 g/mol. The summed E-state index contributed by atoms with van der Waals surface area (Å²) in [5, 5.41) is 9.87. The molecule has 3 saturated heterocycles. The Morgan fingerprint density at radius 3 is 1.39 bits per heavy atom. The molecule has 0 saturated carbocycles. The van der Waals surface area contributed by atoms with Crippen molar-refractivity contribution in [1.29, 1.82) is 5.26 Å². The molecule has 0 spiro atoms. The molecule has 0 bridgehead atoms. The van der Waals surface area contributed by atoms with Crippen molar-refractivity contribution in [3.05, 3.63) is 215 Å². The molecule has 9 rings (SSSR count). The van der Waals surface area contributed by atoms with E-state index in [1.54, 1.807) is 13.2 Å². The van der Waals surface area contributed by atoms with Gasteiger partial charge in [-0.2, -0.15) is 5.26 Å². The highest BCUT2D eigenvalue weighted by Gasteiger charge is 2.53. The van der Waals surface area contributed by atoms with E-state index in [-0.39, 0.29) is 33.0 Å². The SMILES string of the molecule is CO[C@H]1O[C@H](CO[C@H]2O[C@@H]3CO[C@@H](Cc4ccccc4C#N)O[C@H]3[C@H](OCc3ccccc3)[C@H]2OCc2ccccc2)[C@@H](OCc2ccccc2)[C@H](OCc2ccccc2)[C@H]1OCc1ccccc1. The fraction of sp³-hybridized carbons (Fsp3) is 0.351. The first-order chi connectivity index (χ1) is 34.1. The lowest BCUT2D eigenvalue weighted by Gasteiger charge is -2.49. The van der Waals surface area contributed by atoms with Gasteiger partial charge < -0.3 is 52.1 Å². The number of methoxy groups -OCH3 is 1. The molecule has 0 radical (unpaired) electrons. The van der Waals surface area contributed by atoms with E-state index in [1.807, 2.05) is 170 Å². The first kappa shape index (κ1) is 48.4. The van der Waals surface area contributed by atoms with Crippen LogP contribution in [0.1, 0.15) is 38.9 Å². The molecule has 12 heteroatoms. The summed E-state index contributed by atoms with van der Waals surface area (Å²) in [4.78, 5) is 0. The predicted molar refractivity (Wildman–Crippen MR) is 255 cm³/mol. The Balaban J connectivity index is 1.02. The maximum absolute atomic E-state index is 9.87. The van der Waals surface area contributed by atoms with Crippen molar-refractivity contribution >= 4 is 0 Å². The average molecular weight is 934 g/mol. The van der Waals surface area contributed by atoms with Crippen LogP contribution in [0, 0.1) is 11.3 Å². The van der Waals surface area contributed by atoms with E-state index in [4.69, 9.17) is 52.1 Å². The summed E-state index contributed by atoms with van der Waals surface area (Å²) in [5.74, 6) is 0. The Morgan fingerprint density at radius 1 is 0.464 bits per heavy atom. The fourth-order valence-corrected chi connectivity index (χ4v) is 8.98. The second kappa shape index (κ2) is 24.8.